The van der Waals surface area contributed by atoms with Crippen molar-refractivity contribution in [3.63, 3.8) is 0 Å². The summed E-state index contributed by atoms with van der Waals surface area (Å²) in [6, 6.07) is 0. The van der Waals surface area contributed by atoms with Crippen LogP contribution in [-0.2, 0) is 4.79 Å². The molecule has 0 aromatic heterocycles. The molecule has 0 amide bonds. The van der Waals surface area contributed by atoms with Crippen LogP contribution in [0.2, 0.25) is 0 Å². The van der Waals surface area contributed by atoms with Gasteiger partial charge in [0.05, 0.1) is 0 Å². The van der Waals surface area contributed by atoms with Gasteiger partial charge in [0.25, 0.3) is 0 Å². The Morgan fingerprint density at radius 2 is 0.947 bits per heavy atom. The second kappa shape index (κ2) is 16.1. The van der Waals surface area contributed by atoms with Crippen LogP contribution in [-0.4, -0.2) is 5.12 Å². The zero-order valence-electron chi connectivity index (χ0n) is 12.7. The number of carbonyl (C=O) groups excluding carboxylic acids is 1. The van der Waals surface area contributed by atoms with Gasteiger partial charge in [0.1, 0.15) is 0 Å². The van der Waals surface area contributed by atoms with E-state index in [1.807, 2.05) is 0 Å². The number of hydrogen-bond acceptors (Lipinski definition) is 1. The average Bonchev–Trinajstić information content (AvgIpc) is 2.39. The fourth-order valence-electron chi connectivity index (χ4n) is 2.40. The van der Waals surface area contributed by atoms with Gasteiger partial charge in [-0.05, 0) is 6.42 Å². The Labute approximate surface area is 126 Å². The SMILES string of the molecule is [CH2-]CCCCCCCCCCCCCCCC(=O)S. The van der Waals surface area contributed by atoms with Crippen molar-refractivity contribution in [1.29, 1.82) is 0 Å². The van der Waals surface area contributed by atoms with E-state index in [1.54, 1.807) is 0 Å². The summed E-state index contributed by atoms with van der Waals surface area (Å²) in [6.45, 7) is 3.87. The van der Waals surface area contributed by atoms with Crippen molar-refractivity contribution in [2.24, 2.45) is 0 Å². The molecule has 0 saturated heterocycles. The molecule has 0 bridgehead atoms. The van der Waals surface area contributed by atoms with Crippen molar-refractivity contribution in [2.45, 2.75) is 96.3 Å². The average molecular weight is 286 g/mol. The van der Waals surface area contributed by atoms with Gasteiger partial charge < -0.3 is 6.92 Å². The number of carbonyl (C=O) groups is 1. The lowest BCUT2D eigenvalue weighted by Crippen LogP contribution is -1.86. The summed E-state index contributed by atoms with van der Waals surface area (Å²) in [6.07, 6.45) is 19.1. The molecule has 0 heterocycles. The Morgan fingerprint density at radius 3 is 1.26 bits per heavy atom. The second-order valence-electron chi connectivity index (χ2n) is 5.59. The molecule has 0 fully saturated rings. The predicted molar refractivity (Wildman–Crippen MR) is 88.6 cm³/mol. The standard InChI is InChI=1S/C17H33OS/c1-2-3-4-5-6-7-8-9-10-11-12-13-14-15-16-17(18)19/h1-16H2,(H,18,19)/q-1. The van der Waals surface area contributed by atoms with Crippen LogP contribution in [0.15, 0.2) is 0 Å². The Hall–Kier alpha value is 0.0200. The molecular weight excluding hydrogens is 252 g/mol. The highest BCUT2D eigenvalue weighted by atomic mass is 32.1. The van der Waals surface area contributed by atoms with Gasteiger partial charge in [0, 0.05) is 6.42 Å². The van der Waals surface area contributed by atoms with Crippen molar-refractivity contribution < 1.29 is 4.79 Å². The van der Waals surface area contributed by atoms with Crippen LogP contribution in [0.25, 0.3) is 0 Å². The highest BCUT2D eigenvalue weighted by Crippen LogP contribution is 2.13. The molecular formula is C17H33OS-. The Bertz CT molecular complexity index is 192. The maximum absolute atomic E-state index is 10.6. The van der Waals surface area contributed by atoms with E-state index in [0.717, 1.165) is 12.8 Å². The van der Waals surface area contributed by atoms with Crippen LogP contribution >= 0.6 is 12.6 Å². The van der Waals surface area contributed by atoms with E-state index in [9.17, 15) is 4.79 Å². The first-order valence-corrected chi connectivity index (χ1v) is 8.73. The number of rotatable bonds is 15. The van der Waals surface area contributed by atoms with E-state index < -0.39 is 0 Å². The summed E-state index contributed by atoms with van der Waals surface area (Å²) >= 11 is 3.77. The van der Waals surface area contributed by atoms with E-state index in [-0.39, 0.29) is 5.12 Å². The van der Waals surface area contributed by atoms with Gasteiger partial charge >= 0.3 is 0 Å². The van der Waals surface area contributed by atoms with Crippen LogP contribution in [0.3, 0.4) is 0 Å². The lowest BCUT2D eigenvalue weighted by molar-refractivity contribution is -0.110. The monoisotopic (exact) mass is 285 g/mol. The summed E-state index contributed by atoms with van der Waals surface area (Å²) in [5.74, 6) is 0. The molecule has 0 rings (SSSR count). The molecule has 114 valence electrons. The smallest absolute Gasteiger partial charge is 0.185 e. The molecule has 0 radical (unpaired) electrons. The molecule has 0 aromatic carbocycles. The zero-order chi connectivity index (χ0) is 14.2. The van der Waals surface area contributed by atoms with Gasteiger partial charge in [-0.1, -0.05) is 77.0 Å². The van der Waals surface area contributed by atoms with Crippen molar-refractivity contribution >= 4 is 17.7 Å². The summed E-state index contributed by atoms with van der Waals surface area (Å²) in [5, 5.41) is 0.0372. The summed E-state index contributed by atoms with van der Waals surface area (Å²) in [5.41, 5.74) is 0. The third-order valence-corrected chi connectivity index (χ3v) is 3.86. The number of thiol groups is 1. The van der Waals surface area contributed by atoms with Crippen molar-refractivity contribution in [3.8, 4) is 0 Å². The summed E-state index contributed by atoms with van der Waals surface area (Å²) < 4.78 is 0. The molecule has 0 aromatic rings. The van der Waals surface area contributed by atoms with Crippen LogP contribution in [0.5, 0.6) is 0 Å². The fourth-order valence-corrected chi connectivity index (χ4v) is 2.56. The quantitative estimate of drug-likeness (QED) is 0.218. The molecule has 0 spiro atoms. The molecule has 0 aliphatic rings. The van der Waals surface area contributed by atoms with Gasteiger partial charge in [-0.3, -0.25) is 4.79 Å². The van der Waals surface area contributed by atoms with E-state index in [0.29, 0.717) is 6.42 Å². The molecule has 2 heteroatoms. The van der Waals surface area contributed by atoms with Crippen molar-refractivity contribution in [3.05, 3.63) is 6.92 Å². The van der Waals surface area contributed by atoms with Gasteiger partial charge in [-0.2, -0.15) is 6.42 Å². The number of hydrogen-bond donors (Lipinski definition) is 1. The van der Waals surface area contributed by atoms with Crippen LogP contribution in [0.4, 0.5) is 0 Å². The molecule has 0 aliphatic heterocycles. The minimum atomic E-state index is 0.0372. The molecule has 0 aliphatic carbocycles. The molecule has 0 atom stereocenters. The fraction of sp³-hybridized carbons (Fsp3) is 0.882. The Morgan fingerprint density at radius 1 is 0.632 bits per heavy atom. The molecule has 1 nitrogen and oxygen atoms in total. The Balaban J connectivity index is 2.93. The molecule has 0 N–H and O–H groups in total. The van der Waals surface area contributed by atoms with Gasteiger partial charge in [0.15, 0.2) is 5.12 Å². The van der Waals surface area contributed by atoms with Crippen LogP contribution in [0, 0.1) is 6.92 Å². The van der Waals surface area contributed by atoms with E-state index in [4.69, 9.17) is 0 Å². The third-order valence-electron chi connectivity index (χ3n) is 3.64. The van der Waals surface area contributed by atoms with E-state index in [2.05, 4.69) is 19.6 Å². The minimum Gasteiger partial charge on any atom is -0.343 e. The zero-order valence-corrected chi connectivity index (χ0v) is 13.6. The Kier molecular flexibility index (Phi) is 16.1. The summed E-state index contributed by atoms with van der Waals surface area (Å²) in [4.78, 5) is 10.6. The topological polar surface area (TPSA) is 17.1 Å². The van der Waals surface area contributed by atoms with Crippen LogP contribution < -0.4 is 0 Å². The highest BCUT2D eigenvalue weighted by molar-refractivity contribution is 7.96. The first-order chi connectivity index (χ1) is 9.27. The van der Waals surface area contributed by atoms with Gasteiger partial charge in [-0.25, -0.2) is 0 Å². The molecule has 19 heavy (non-hydrogen) atoms. The molecule has 0 saturated carbocycles. The maximum Gasteiger partial charge on any atom is 0.185 e. The van der Waals surface area contributed by atoms with Crippen LogP contribution in [0.1, 0.15) is 96.3 Å². The van der Waals surface area contributed by atoms with Gasteiger partial charge in [0.2, 0.25) is 0 Å². The lowest BCUT2D eigenvalue weighted by Gasteiger charge is -2.03. The normalized spacial score (nSPS) is 10.8. The highest BCUT2D eigenvalue weighted by Gasteiger charge is 1.95. The second-order valence-corrected chi connectivity index (χ2v) is 6.09. The largest absolute Gasteiger partial charge is 0.343 e. The predicted octanol–water partition coefficient (Wildman–Crippen LogP) is 6.13. The lowest BCUT2D eigenvalue weighted by atomic mass is 10.0. The first-order valence-electron chi connectivity index (χ1n) is 8.28. The maximum atomic E-state index is 10.6. The van der Waals surface area contributed by atoms with E-state index >= 15 is 0 Å². The first kappa shape index (κ1) is 19.0. The minimum absolute atomic E-state index is 0.0372. The van der Waals surface area contributed by atoms with Crippen molar-refractivity contribution in [1.82, 2.24) is 0 Å². The molecule has 0 unspecified atom stereocenters. The van der Waals surface area contributed by atoms with E-state index in [1.165, 1.54) is 77.0 Å². The summed E-state index contributed by atoms with van der Waals surface area (Å²) in [7, 11) is 0. The van der Waals surface area contributed by atoms with Gasteiger partial charge in [-0.15, -0.1) is 12.6 Å². The number of unbranched alkanes of at least 4 members (excludes halogenated alkanes) is 13. The van der Waals surface area contributed by atoms with Crippen molar-refractivity contribution in [2.75, 3.05) is 0 Å². The third kappa shape index (κ3) is 18.0.